The van der Waals surface area contributed by atoms with E-state index in [4.69, 9.17) is 34.8 Å². The van der Waals surface area contributed by atoms with Crippen LogP contribution in [0.25, 0.3) is 16.7 Å². The molecule has 3 heterocycles. The first kappa shape index (κ1) is 18.0. The van der Waals surface area contributed by atoms with Gasteiger partial charge in [-0.15, -0.1) is 0 Å². The first-order valence-electron chi connectivity index (χ1n) is 7.32. The second kappa shape index (κ2) is 6.52. The lowest BCUT2D eigenvalue weighted by Crippen LogP contribution is -2.25. The number of halogens is 4. The van der Waals surface area contributed by atoms with Crippen molar-refractivity contribution >= 4 is 45.8 Å². The van der Waals surface area contributed by atoms with E-state index < -0.39 is 16.7 Å². The van der Waals surface area contributed by atoms with Crippen LogP contribution in [0.3, 0.4) is 0 Å². The third-order valence-electron chi connectivity index (χ3n) is 3.75. The molecule has 0 spiro atoms. The van der Waals surface area contributed by atoms with Crippen LogP contribution in [0.1, 0.15) is 31.0 Å². The number of aromatic nitrogens is 4. The van der Waals surface area contributed by atoms with E-state index in [1.54, 1.807) is 12.3 Å². The van der Waals surface area contributed by atoms with Crippen LogP contribution in [0.4, 0.5) is 4.39 Å². The number of hydrogen-bond donors (Lipinski definition) is 0. The van der Waals surface area contributed by atoms with Gasteiger partial charge in [-0.2, -0.15) is 4.98 Å². The molecule has 0 aliphatic rings. The molecule has 0 aromatic carbocycles. The summed E-state index contributed by atoms with van der Waals surface area (Å²) in [5.74, 6) is -0.907. The number of fused-ring (bicyclic) bond motifs is 1. The molecule has 0 bridgehead atoms. The Labute approximate surface area is 157 Å². The van der Waals surface area contributed by atoms with Crippen molar-refractivity contribution in [2.45, 2.75) is 26.7 Å². The van der Waals surface area contributed by atoms with Gasteiger partial charge in [-0.1, -0.05) is 48.7 Å². The van der Waals surface area contributed by atoms with Crippen LogP contribution in [0.15, 0.2) is 17.1 Å². The van der Waals surface area contributed by atoms with E-state index in [1.165, 1.54) is 4.57 Å². The summed E-state index contributed by atoms with van der Waals surface area (Å²) >= 11 is 17.9. The average molecular weight is 402 g/mol. The lowest BCUT2D eigenvalue weighted by Gasteiger charge is -2.18. The van der Waals surface area contributed by atoms with E-state index >= 15 is 0 Å². The monoisotopic (exact) mass is 400 g/mol. The van der Waals surface area contributed by atoms with Crippen molar-refractivity contribution in [1.82, 2.24) is 19.5 Å². The topological polar surface area (TPSA) is 60.7 Å². The number of rotatable bonds is 2. The molecule has 0 fully saturated rings. The number of aryl methyl sites for hydroxylation is 1. The van der Waals surface area contributed by atoms with Gasteiger partial charge in [0.15, 0.2) is 16.6 Å². The molecule has 0 N–H and O–H groups in total. The highest BCUT2D eigenvalue weighted by atomic mass is 35.5. The molecule has 0 saturated heterocycles. The molecule has 9 heteroatoms. The van der Waals surface area contributed by atoms with Gasteiger partial charge in [-0.05, 0) is 24.5 Å². The van der Waals surface area contributed by atoms with Gasteiger partial charge in [0.05, 0.1) is 21.8 Å². The van der Waals surface area contributed by atoms with E-state index in [0.717, 1.165) is 5.56 Å². The molecule has 0 aliphatic heterocycles. The Morgan fingerprint density at radius 1 is 1.16 bits per heavy atom. The van der Waals surface area contributed by atoms with E-state index in [0.29, 0.717) is 11.4 Å². The molecule has 0 aliphatic carbocycles. The predicted octanol–water partition coefficient (Wildman–Crippen LogP) is 4.71. The second-order valence-electron chi connectivity index (χ2n) is 5.77. The van der Waals surface area contributed by atoms with E-state index in [9.17, 15) is 9.18 Å². The molecule has 0 amide bonds. The summed E-state index contributed by atoms with van der Waals surface area (Å²) < 4.78 is 15.3. The second-order valence-corrected chi connectivity index (χ2v) is 6.86. The van der Waals surface area contributed by atoms with Crippen molar-refractivity contribution in [3.63, 3.8) is 0 Å². The first-order chi connectivity index (χ1) is 11.7. The van der Waals surface area contributed by atoms with Crippen molar-refractivity contribution in [3.8, 4) is 5.69 Å². The van der Waals surface area contributed by atoms with Crippen molar-refractivity contribution in [2.75, 3.05) is 0 Å². The molecular formula is C16H12Cl3FN4O. The maximum atomic E-state index is 14.0. The maximum Gasteiger partial charge on any atom is 0.355 e. The largest absolute Gasteiger partial charge is 0.355 e. The van der Waals surface area contributed by atoms with Gasteiger partial charge in [0.2, 0.25) is 0 Å². The van der Waals surface area contributed by atoms with Crippen molar-refractivity contribution < 1.29 is 4.39 Å². The highest BCUT2D eigenvalue weighted by Crippen LogP contribution is 2.34. The minimum atomic E-state index is -0.920. The molecular weight excluding hydrogens is 390 g/mol. The molecule has 0 radical (unpaired) electrons. The van der Waals surface area contributed by atoms with Gasteiger partial charge < -0.3 is 0 Å². The summed E-state index contributed by atoms with van der Waals surface area (Å²) in [6, 6.07) is 1.75. The highest BCUT2D eigenvalue weighted by Gasteiger charge is 2.23. The normalized spacial score (nSPS) is 11.5. The van der Waals surface area contributed by atoms with Crippen molar-refractivity contribution in [3.05, 3.63) is 55.2 Å². The van der Waals surface area contributed by atoms with Crippen LogP contribution < -0.4 is 5.69 Å². The molecule has 0 saturated carbocycles. The molecule has 3 rings (SSSR count). The Balaban J connectivity index is 2.58. The third-order valence-corrected chi connectivity index (χ3v) is 4.63. The smallest absolute Gasteiger partial charge is 0.259 e. The number of pyridine rings is 2. The Morgan fingerprint density at radius 2 is 1.84 bits per heavy atom. The predicted molar refractivity (Wildman–Crippen MR) is 96.7 cm³/mol. The zero-order valence-electron chi connectivity index (χ0n) is 13.4. The van der Waals surface area contributed by atoms with Crippen LogP contribution in [0, 0.1) is 12.7 Å². The van der Waals surface area contributed by atoms with Crippen LogP contribution >= 0.6 is 34.8 Å². The highest BCUT2D eigenvalue weighted by molar-refractivity contribution is 6.42. The molecule has 0 atom stereocenters. The lowest BCUT2D eigenvalue weighted by atomic mass is 10.0. The number of hydrogen-bond acceptors (Lipinski definition) is 4. The number of nitrogens with zero attached hydrogens (tertiary/aromatic N) is 4. The molecule has 3 aromatic rings. The first-order valence-corrected chi connectivity index (χ1v) is 8.46. The fourth-order valence-electron chi connectivity index (χ4n) is 2.61. The van der Waals surface area contributed by atoms with Gasteiger partial charge in [0, 0.05) is 6.20 Å². The van der Waals surface area contributed by atoms with E-state index in [2.05, 4.69) is 15.0 Å². The summed E-state index contributed by atoms with van der Waals surface area (Å²) in [7, 11) is 0. The van der Waals surface area contributed by atoms with Crippen molar-refractivity contribution in [2.24, 2.45) is 0 Å². The summed E-state index contributed by atoms with van der Waals surface area (Å²) in [4.78, 5) is 24.7. The zero-order chi connectivity index (χ0) is 18.5. The minimum absolute atomic E-state index is 0.0129. The van der Waals surface area contributed by atoms with Crippen LogP contribution in [0.5, 0.6) is 0 Å². The Hall–Kier alpha value is -1.76. The third kappa shape index (κ3) is 2.88. The molecule has 130 valence electrons. The van der Waals surface area contributed by atoms with Gasteiger partial charge in [0.25, 0.3) is 0 Å². The summed E-state index contributed by atoms with van der Waals surface area (Å²) in [5, 5.41) is -1.02. The molecule has 3 aromatic heterocycles. The average Bonchev–Trinajstić information content (AvgIpc) is 2.53. The van der Waals surface area contributed by atoms with Crippen LogP contribution in [-0.4, -0.2) is 19.5 Å². The maximum absolute atomic E-state index is 14.0. The zero-order valence-corrected chi connectivity index (χ0v) is 15.7. The van der Waals surface area contributed by atoms with Gasteiger partial charge in [0.1, 0.15) is 5.15 Å². The fraction of sp³-hybridized carbons (Fsp3) is 0.250. The van der Waals surface area contributed by atoms with Gasteiger partial charge >= 0.3 is 5.69 Å². The summed E-state index contributed by atoms with van der Waals surface area (Å²) in [5.41, 5.74) is 1.28. The van der Waals surface area contributed by atoms with Crippen LogP contribution in [0.2, 0.25) is 15.3 Å². The summed E-state index contributed by atoms with van der Waals surface area (Å²) in [6.45, 7) is 5.70. The van der Waals surface area contributed by atoms with Gasteiger partial charge in [-0.3, -0.25) is 4.98 Å². The molecule has 5 nitrogen and oxygen atoms in total. The Bertz CT molecular complexity index is 1070. The fourth-order valence-corrected chi connectivity index (χ4v) is 3.39. The van der Waals surface area contributed by atoms with Crippen LogP contribution in [-0.2, 0) is 0 Å². The standard InChI is InChI=1S/C16H12Cl3FN4O/c1-6(2)11-12(7(3)4-5-21-11)24-15-8(13(18)23-16(24)25)9(17)10(20)14(19)22-15/h4-6H,1-3H3. The minimum Gasteiger partial charge on any atom is -0.259 e. The molecule has 0 unspecified atom stereocenters. The van der Waals surface area contributed by atoms with Crippen molar-refractivity contribution in [1.29, 1.82) is 0 Å². The van der Waals surface area contributed by atoms with E-state index in [-0.39, 0.29) is 27.1 Å². The van der Waals surface area contributed by atoms with Gasteiger partial charge in [-0.25, -0.2) is 18.7 Å². The lowest BCUT2D eigenvalue weighted by molar-refractivity contribution is 0.624. The molecule has 25 heavy (non-hydrogen) atoms. The van der Waals surface area contributed by atoms with E-state index in [1.807, 2.05) is 20.8 Å². The summed E-state index contributed by atoms with van der Waals surface area (Å²) in [6.07, 6.45) is 1.65. The Kier molecular flexibility index (Phi) is 4.70. The SMILES string of the molecule is Cc1ccnc(C(C)C)c1-n1c(=O)nc(Cl)c2c(Cl)c(F)c(Cl)nc21. The Morgan fingerprint density at radius 3 is 2.48 bits per heavy atom. The quantitative estimate of drug-likeness (QED) is 0.461.